The number of hydrogen-bond acceptors (Lipinski definition) is 5. The summed E-state index contributed by atoms with van der Waals surface area (Å²) in [6.07, 6.45) is 2.86. The molecule has 4 N–H and O–H groups in total. The second-order valence-electron chi connectivity index (χ2n) is 8.57. The SMILES string of the molecule is Cc1[nH]c2ccccc2c1C[C@H](N)C(=O)NCCCN1CCCC1=O.c1ccc2c(c1)OCO2. The van der Waals surface area contributed by atoms with Gasteiger partial charge in [0.25, 0.3) is 0 Å². The number of ether oxygens (including phenoxy) is 2. The minimum Gasteiger partial charge on any atom is -0.454 e. The Morgan fingerprint density at radius 3 is 2.56 bits per heavy atom. The van der Waals surface area contributed by atoms with Crippen LogP contribution in [0.15, 0.2) is 48.5 Å². The van der Waals surface area contributed by atoms with Crippen LogP contribution in [0.3, 0.4) is 0 Å². The Balaban J connectivity index is 0.000000252. The average molecular weight is 465 g/mol. The van der Waals surface area contributed by atoms with E-state index in [1.54, 1.807) is 0 Å². The van der Waals surface area contributed by atoms with Gasteiger partial charge in [0, 0.05) is 42.7 Å². The number of nitrogens with zero attached hydrogens (tertiary/aromatic N) is 1. The molecule has 8 nitrogen and oxygen atoms in total. The third-order valence-corrected chi connectivity index (χ3v) is 6.14. The van der Waals surface area contributed by atoms with Gasteiger partial charge in [-0.05, 0) is 49.9 Å². The van der Waals surface area contributed by atoms with E-state index in [1.165, 1.54) is 0 Å². The summed E-state index contributed by atoms with van der Waals surface area (Å²) in [6.45, 7) is 4.46. The molecule has 1 fully saturated rings. The molecule has 5 rings (SSSR count). The van der Waals surface area contributed by atoms with Crippen LogP contribution in [0.2, 0.25) is 0 Å². The molecule has 2 aliphatic heterocycles. The van der Waals surface area contributed by atoms with Crippen LogP contribution in [0.1, 0.15) is 30.5 Å². The van der Waals surface area contributed by atoms with Gasteiger partial charge >= 0.3 is 0 Å². The topological polar surface area (TPSA) is 110 Å². The van der Waals surface area contributed by atoms with Gasteiger partial charge in [-0.25, -0.2) is 0 Å². The molecule has 180 valence electrons. The van der Waals surface area contributed by atoms with Gasteiger partial charge in [-0.2, -0.15) is 0 Å². The molecule has 0 radical (unpaired) electrons. The largest absolute Gasteiger partial charge is 0.454 e. The van der Waals surface area contributed by atoms with E-state index in [9.17, 15) is 9.59 Å². The Labute approximate surface area is 199 Å². The zero-order valence-electron chi connectivity index (χ0n) is 19.5. The van der Waals surface area contributed by atoms with Crippen LogP contribution in [0.4, 0.5) is 0 Å². The van der Waals surface area contributed by atoms with Gasteiger partial charge in [-0.15, -0.1) is 0 Å². The Kier molecular flexibility index (Phi) is 7.69. The molecule has 0 unspecified atom stereocenters. The first-order chi connectivity index (χ1) is 16.5. The molecule has 2 amide bonds. The highest BCUT2D eigenvalue weighted by molar-refractivity contribution is 5.87. The van der Waals surface area contributed by atoms with Crippen LogP contribution in [0, 0.1) is 6.92 Å². The van der Waals surface area contributed by atoms with Crippen molar-refractivity contribution in [3.05, 3.63) is 59.8 Å². The first-order valence-electron chi connectivity index (χ1n) is 11.7. The molecule has 34 heavy (non-hydrogen) atoms. The van der Waals surface area contributed by atoms with Gasteiger partial charge in [0.1, 0.15) is 0 Å². The van der Waals surface area contributed by atoms with E-state index < -0.39 is 6.04 Å². The highest BCUT2D eigenvalue weighted by atomic mass is 16.7. The highest BCUT2D eigenvalue weighted by Gasteiger charge is 2.20. The number of aromatic nitrogens is 1. The molecule has 0 aliphatic carbocycles. The summed E-state index contributed by atoms with van der Waals surface area (Å²) < 4.78 is 10.2. The van der Waals surface area contributed by atoms with Crippen molar-refractivity contribution >= 4 is 22.7 Å². The molecule has 1 atom stereocenters. The van der Waals surface area contributed by atoms with Crippen molar-refractivity contribution in [2.45, 2.75) is 38.6 Å². The second-order valence-corrected chi connectivity index (χ2v) is 8.57. The quantitative estimate of drug-likeness (QED) is 0.466. The van der Waals surface area contributed by atoms with Crippen molar-refractivity contribution in [3.8, 4) is 11.5 Å². The molecule has 0 saturated carbocycles. The number of benzene rings is 2. The number of amides is 2. The molecule has 0 spiro atoms. The maximum Gasteiger partial charge on any atom is 0.237 e. The molecule has 3 aromatic rings. The number of carbonyl (C=O) groups excluding carboxylic acids is 2. The zero-order chi connectivity index (χ0) is 23.9. The molecule has 8 heteroatoms. The number of aryl methyl sites for hydroxylation is 1. The van der Waals surface area contributed by atoms with E-state index in [4.69, 9.17) is 15.2 Å². The first-order valence-corrected chi connectivity index (χ1v) is 11.7. The summed E-state index contributed by atoms with van der Waals surface area (Å²) in [4.78, 5) is 29.0. The highest BCUT2D eigenvalue weighted by Crippen LogP contribution is 2.30. The smallest absolute Gasteiger partial charge is 0.237 e. The molecular formula is C26H32N4O4. The Bertz CT molecular complexity index is 1120. The average Bonchev–Trinajstić information content (AvgIpc) is 3.56. The fourth-order valence-electron chi connectivity index (χ4n) is 4.31. The van der Waals surface area contributed by atoms with Crippen LogP contribution in [-0.4, -0.2) is 54.2 Å². The van der Waals surface area contributed by atoms with Crippen LogP contribution < -0.4 is 20.5 Å². The van der Waals surface area contributed by atoms with Crippen LogP contribution in [0.5, 0.6) is 11.5 Å². The number of nitrogens with two attached hydrogens (primary N) is 1. The predicted molar refractivity (Wildman–Crippen MR) is 131 cm³/mol. The van der Waals surface area contributed by atoms with Crippen LogP contribution in [0.25, 0.3) is 10.9 Å². The zero-order valence-corrected chi connectivity index (χ0v) is 19.5. The summed E-state index contributed by atoms with van der Waals surface area (Å²) >= 11 is 0. The number of para-hydroxylation sites is 3. The molecule has 2 aromatic carbocycles. The van der Waals surface area contributed by atoms with Gasteiger partial charge in [0.15, 0.2) is 11.5 Å². The van der Waals surface area contributed by atoms with Crippen molar-refractivity contribution in [3.63, 3.8) is 0 Å². The number of carbonyl (C=O) groups is 2. The number of nitrogens with one attached hydrogen (secondary N) is 2. The summed E-state index contributed by atoms with van der Waals surface area (Å²) in [5, 5.41) is 4.01. The number of hydrogen-bond donors (Lipinski definition) is 3. The monoisotopic (exact) mass is 464 g/mol. The van der Waals surface area contributed by atoms with E-state index in [0.29, 0.717) is 32.7 Å². The maximum atomic E-state index is 12.3. The number of aromatic amines is 1. The van der Waals surface area contributed by atoms with E-state index in [-0.39, 0.29) is 11.8 Å². The molecule has 0 bridgehead atoms. The summed E-state index contributed by atoms with van der Waals surface area (Å²) in [5.41, 5.74) is 9.32. The predicted octanol–water partition coefficient (Wildman–Crippen LogP) is 2.89. The van der Waals surface area contributed by atoms with Crippen LogP contribution >= 0.6 is 0 Å². The minimum atomic E-state index is -0.577. The Morgan fingerprint density at radius 1 is 1.15 bits per heavy atom. The Hall–Kier alpha value is -3.52. The van der Waals surface area contributed by atoms with Crippen molar-refractivity contribution in [1.82, 2.24) is 15.2 Å². The van der Waals surface area contributed by atoms with Crippen molar-refractivity contribution < 1.29 is 19.1 Å². The number of rotatable bonds is 7. The molecular weight excluding hydrogens is 432 g/mol. The Morgan fingerprint density at radius 2 is 1.85 bits per heavy atom. The normalized spacial score (nSPS) is 15.2. The van der Waals surface area contributed by atoms with Crippen molar-refractivity contribution in [2.24, 2.45) is 5.73 Å². The second kappa shape index (κ2) is 11.1. The van der Waals surface area contributed by atoms with Gasteiger partial charge in [0.05, 0.1) is 6.04 Å². The lowest BCUT2D eigenvalue weighted by atomic mass is 10.0. The lowest BCUT2D eigenvalue weighted by Crippen LogP contribution is -2.43. The van der Waals surface area contributed by atoms with Gasteiger partial charge in [-0.3, -0.25) is 9.59 Å². The third kappa shape index (κ3) is 5.69. The van der Waals surface area contributed by atoms with Gasteiger partial charge < -0.3 is 30.4 Å². The lowest BCUT2D eigenvalue weighted by molar-refractivity contribution is -0.127. The molecule has 3 heterocycles. The van der Waals surface area contributed by atoms with E-state index in [1.807, 2.05) is 60.4 Å². The van der Waals surface area contributed by atoms with E-state index in [0.717, 1.165) is 53.0 Å². The molecule has 1 saturated heterocycles. The summed E-state index contributed by atoms with van der Waals surface area (Å²) in [5.74, 6) is 1.77. The number of H-pyrrole nitrogens is 1. The third-order valence-electron chi connectivity index (χ3n) is 6.14. The minimum absolute atomic E-state index is 0.141. The lowest BCUT2D eigenvalue weighted by Gasteiger charge is -2.16. The molecule has 2 aliphatic rings. The summed E-state index contributed by atoms with van der Waals surface area (Å²) in [6, 6.07) is 15.1. The molecule has 1 aromatic heterocycles. The first kappa shape index (κ1) is 23.6. The number of fused-ring (bicyclic) bond motifs is 2. The fraction of sp³-hybridized carbons (Fsp3) is 0.385. The van der Waals surface area contributed by atoms with Crippen molar-refractivity contribution in [2.75, 3.05) is 26.4 Å². The van der Waals surface area contributed by atoms with E-state index >= 15 is 0 Å². The van der Waals surface area contributed by atoms with Crippen molar-refractivity contribution in [1.29, 1.82) is 0 Å². The summed E-state index contributed by atoms with van der Waals surface area (Å²) in [7, 11) is 0. The maximum absolute atomic E-state index is 12.3. The fourth-order valence-corrected chi connectivity index (χ4v) is 4.31. The van der Waals surface area contributed by atoms with E-state index in [2.05, 4.69) is 10.3 Å². The van der Waals surface area contributed by atoms with Gasteiger partial charge in [0.2, 0.25) is 18.6 Å². The standard InChI is InChI=1S/C19H26N4O2.C7H6O2/c1-13-15(14-6-2-3-7-17(14)22-13)12-16(20)19(25)21-9-5-11-23-10-4-8-18(23)24;1-2-4-7-6(3-1)8-5-9-7/h2-3,6-7,16,22H,4-5,8-12,20H2,1H3,(H,21,25);1-4H,5H2/t16-;/m0./s1. The number of likely N-dealkylation sites (tertiary alicyclic amines) is 1. The van der Waals surface area contributed by atoms with Gasteiger partial charge in [-0.1, -0.05) is 30.3 Å². The van der Waals surface area contributed by atoms with Crippen LogP contribution in [-0.2, 0) is 16.0 Å².